The second-order valence-electron chi connectivity index (χ2n) is 6.90. The Morgan fingerprint density at radius 1 is 1.13 bits per heavy atom. The topological polar surface area (TPSA) is 97.0 Å². The molecule has 0 aliphatic carbocycles. The van der Waals surface area contributed by atoms with Crippen molar-refractivity contribution in [2.75, 3.05) is 51.2 Å². The molecule has 1 fully saturated rings. The molecule has 3 rings (SSSR count). The third kappa shape index (κ3) is 5.94. The van der Waals surface area contributed by atoms with Crippen LogP contribution in [0.25, 0.3) is 0 Å². The van der Waals surface area contributed by atoms with Gasteiger partial charge in [0.15, 0.2) is 0 Å². The molecule has 162 valence electrons. The minimum absolute atomic E-state index is 0.00868. The molecule has 0 radical (unpaired) electrons. The molecular formula is C21H27N3O5S. The molecule has 30 heavy (non-hydrogen) atoms. The van der Waals surface area contributed by atoms with Crippen molar-refractivity contribution in [1.29, 1.82) is 0 Å². The van der Waals surface area contributed by atoms with E-state index in [0.717, 1.165) is 39.3 Å². The average molecular weight is 434 g/mol. The fraction of sp³-hybridized carbons (Fsp3) is 0.381. The minimum Gasteiger partial charge on any atom is -0.495 e. The summed E-state index contributed by atoms with van der Waals surface area (Å²) in [5, 5.41) is 2.85. The third-order valence-corrected chi connectivity index (χ3v) is 6.16. The molecule has 2 aromatic rings. The number of anilines is 1. The van der Waals surface area contributed by atoms with E-state index >= 15 is 0 Å². The molecule has 9 heteroatoms. The number of rotatable bonds is 9. The van der Waals surface area contributed by atoms with E-state index in [2.05, 4.69) is 14.9 Å². The molecule has 0 saturated carbocycles. The lowest BCUT2D eigenvalue weighted by atomic mass is 10.2. The van der Waals surface area contributed by atoms with Gasteiger partial charge in [-0.05, 0) is 43.3 Å². The highest BCUT2D eigenvalue weighted by Gasteiger charge is 2.18. The molecule has 1 aliphatic rings. The monoisotopic (exact) mass is 433 g/mol. The van der Waals surface area contributed by atoms with Gasteiger partial charge in [-0.3, -0.25) is 14.4 Å². The zero-order chi connectivity index (χ0) is 21.4. The number of methoxy groups -OCH3 is 1. The van der Waals surface area contributed by atoms with Crippen LogP contribution in [0.15, 0.2) is 53.4 Å². The van der Waals surface area contributed by atoms with Crippen LogP contribution in [0.3, 0.4) is 0 Å². The molecule has 8 nitrogen and oxygen atoms in total. The molecule has 1 heterocycles. The quantitative estimate of drug-likeness (QED) is 0.587. The molecule has 0 spiro atoms. The molecule has 1 aliphatic heterocycles. The van der Waals surface area contributed by atoms with Crippen molar-refractivity contribution in [3.05, 3.63) is 54.1 Å². The van der Waals surface area contributed by atoms with Crippen LogP contribution in [-0.4, -0.2) is 65.7 Å². The smallest absolute Gasteiger partial charge is 0.262 e. The second kappa shape index (κ2) is 10.4. The number of para-hydroxylation sites is 2. The zero-order valence-electron chi connectivity index (χ0n) is 17.0. The molecule has 2 N–H and O–H groups in total. The van der Waals surface area contributed by atoms with Crippen molar-refractivity contribution in [3.63, 3.8) is 0 Å². The van der Waals surface area contributed by atoms with Gasteiger partial charge in [0.25, 0.3) is 15.9 Å². The number of carbonyl (C=O) groups is 1. The summed E-state index contributed by atoms with van der Waals surface area (Å²) in [6.45, 7) is 4.72. The van der Waals surface area contributed by atoms with Crippen LogP contribution in [0, 0.1) is 0 Å². The summed E-state index contributed by atoms with van der Waals surface area (Å²) >= 11 is 0. The number of nitrogens with one attached hydrogen (secondary N) is 2. The van der Waals surface area contributed by atoms with E-state index in [1.807, 2.05) is 0 Å². The van der Waals surface area contributed by atoms with E-state index in [4.69, 9.17) is 9.47 Å². The van der Waals surface area contributed by atoms with Gasteiger partial charge in [0.05, 0.1) is 30.9 Å². The van der Waals surface area contributed by atoms with E-state index in [-0.39, 0.29) is 10.8 Å². The minimum atomic E-state index is -3.87. The zero-order valence-corrected chi connectivity index (χ0v) is 17.8. The van der Waals surface area contributed by atoms with E-state index in [1.165, 1.54) is 19.2 Å². The first-order valence-electron chi connectivity index (χ1n) is 9.84. The highest BCUT2D eigenvalue weighted by atomic mass is 32.2. The normalized spacial score (nSPS) is 14.8. The lowest BCUT2D eigenvalue weighted by Gasteiger charge is -2.26. The number of morpholine rings is 1. The van der Waals surface area contributed by atoms with Crippen molar-refractivity contribution in [2.45, 2.75) is 11.3 Å². The van der Waals surface area contributed by atoms with E-state index in [9.17, 15) is 13.2 Å². The first kappa shape index (κ1) is 22.1. The standard InChI is InChI=1S/C21H27N3O5S/c1-28-20-9-3-2-8-19(20)23-30(26,27)18-7-4-6-17(16-18)21(25)22-10-5-11-24-12-14-29-15-13-24/h2-4,6-9,16,23H,5,10-15H2,1H3,(H,22,25). The number of carbonyl (C=O) groups excluding carboxylic acids is 1. The van der Waals surface area contributed by atoms with Crippen molar-refractivity contribution >= 4 is 21.6 Å². The summed E-state index contributed by atoms with van der Waals surface area (Å²) in [5.74, 6) is 0.113. The van der Waals surface area contributed by atoms with Gasteiger partial charge in [-0.15, -0.1) is 0 Å². The van der Waals surface area contributed by atoms with Crippen LogP contribution >= 0.6 is 0 Å². The van der Waals surface area contributed by atoms with Crippen LogP contribution in [-0.2, 0) is 14.8 Å². The summed E-state index contributed by atoms with van der Waals surface area (Å²) in [6.07, 6.45) is 0.819. The highest BCUT2D eigenvalue weighted by Crippen LogP contribution is 2.26. The van der Waals surface area contributed by atoms with Gasteiger partial charge in [0.2, 0.25) is 0 Å². The van der Waals surface area contributed by atoms with E-state index in [1.54, 1.807) is 36.4 Å². The lowest BCUT2D eigenvalue weighted by molar-refractivity contribution is 0.0374. The first-order valence-corrected chi connectivity index (χ1v) is 11.3. The first-order chi connectivity index (χ1) is 14.5. The number of sulfonamides is 1. The molecule has 0 unspecified atom stereocenters. The van der Waals surface area contributed by atoms with Crippen LogP contribution < -0.4 is 14.8 Å². The Kier molecular flexibility index (Phi) is 7.67. The summed E-state index contributed by atoms with van der Waals surface area (Å²) in [7, 11) is -2.40. The molecule has 0 atom stereocenters. The molecule has 1 amide bonds. The fourth-order valence-corrected chi connectivity index (χ4v) is 4.28. The number of benzene rings is 2. The number of ether oxygens (including phenoxy) is 2. The summed E-state index contributed by atoms with van der Waals surface area (Å²) in [4.78, 5) is 14.8. The predicted octanol–water partition coefficient (Wildman–Crippen LogP) is 1.95. The Hall–Kier alpha value is -2.62. The predicted molar refractivity (Wildman–Crippen MR) is 114 cm³/mol. The van der Waals surface area contributed by atoms with Gasteiger partial charge in [0, 0.05) is 25.2 Å². The van der Waals surface area contributed by atoms with Crippen molar-refractivity contribution in [1.82, 2.24) is 10.2 Å². The third-order valence-electron chi connectivity index (χ3n) is 4.80. The Balaban J connectivity index is 1.59. The summed E-state index contributed by atoms with van der Waals surface area (Å²) in [5.41, 5.74) is 0.627. The largest absolute Gasteiger partial charge is 0.495 e. The molecule has 2 aromatic carbocycles. The van der Waals surface area contributed by atoms with E-state index in [0.29, 0.717) is 23.5 Å². The maximum absolute atomic E-state index is 12.8. The Morgan fingerprint density at radius 2 is 1.90 bits per heavy atom. The van der Waals surface area contributed by atoms with Crippen LogP contribution in [0.4, 0.5) is 5.69 Å². The van der Waals surface area contributed by atoms with Crippen LogP contribution in [0.1, 0.15) is 16.8 Å². The Morgan fingerprint density at radius 3 is 2.67 bits per heavy atom. The Labute approximate surface area is 177 Å². The van der Waals surface area contributed by atoms with Gasteiger partial charge in [-0.25, -0.2) is 8.42 Å². The van der Waals surface area contributed by atoms with Gasteiger partial charge in [-0.2, -0.15) is 0 Å². The van der Waals surface area contributed by atoms with Crippen molar-refractivity contribution in [3.8, 4) is 5.75 Å². The van der Waals surface area contributed by atoms with Gasteiger partial charge >= 0.3 is 0 Å². The number of hydrogen-bond donors (Lipinski definition) is 2. The van der Waals surface area contributed by atoms with Gasteiger partial charge < -0.3 is 14.8 Å². The summed E-state index contributed by atoms with van der Waals surface area (Å²) < 4.78 is 38.5. The average Bonchev–Trinajstić information content (AvgIpc) is 2.77. The Bertz CT molecular complexity index is 959. The highest BCUT2D eigenvalue weighted by molar-refractivity contribution is 7.92. The molecular weight excluding hydrogens is 406 g/mol. The molecule has 0 bridgehead atoms. The maximum Gasteiger partial charge on any atom is 0.262 e. The van der Waals surface area contributed by atoms with Crippen LogP contribution in [0.5, 0.6) is 5.75 Å². The molecule has 1 saturated heterocycles. The maximum atomic E-state index is 12.8. The van der Waals surface area contributed by atoms with E-state index < -0.39 is 10.0 Å². The van der Waals surface area contributed by atoms with Crippen molar-refractivity contribution in [2.24, 2.45) is 0 Å². The second-order valence-corrected chi connectivity index (χ2v) is 8.58. The summed E-state index contributed by atoms with van der Waals surface area (Å²) in [6, 6.07) is 12.7. The molecule has 0 aromatic heterocycles. The van der Waals surface area contributed by atoms with Gasteiger partial charge in [-0.1, -0.05) is 18.2 Å². The van der Waals surface area contributed by atoms with Crippen LogP contribution in [0.2, 0.25) is 0 Å². The SMILES string of the molecule is COc1ccccc1NS(=O)(=O)c1cccc(C(=O)NCCCN2CCOCC2)c1. The fourth-order valence-electron chi connectivity index (χ4n) is 3.17. The van der Waals surface area contributed by atoms with Crippen molar-refractivity contribution < 1.29 is 22.7 Å². The van der Waals surface area contributed by atoms with Gasteiger partial charge in [0.1, 0.15) is 5.75 Å². The number of hydrogen-bond acceptors (Lipinski definition) is 6. The number of amides is 1. The lowest BCUT2D eigenvalue weighted by Crippen LogP contribution is -2.38. The number of nitrogens with zero attached hydrogens (tertiary/aromatic N) is 1.